The lowest BCUT2D eigenvalue weighted by Gasteiger charge is -2.22. The molecule has 2 aromatic rings. The van der Waals surface area contributed by atoms with E-state index in [4.69, 9.17) is 10.00 Å². The van der Waals surface area contributed by atoms with Gasteiger partial charge in [0.2, 0.25) is 0 Å². The number of Topliss-reactive ketones (excluding diaryl/α,β-unsaturated/α-hetero) is 1. The second kappa shape index (κ2) is 7.60. The zero-order chi connectivity index (χ0) is 19.4. The molecule has 0 aliphatic carbocycles. The van der Waals surface area contributed by atoms with Gasteiger partial charge >= 0.3 is 0 Å². The number of benzene rings is 2. The van der Waals surface area contributed by atoms with Crippen molar-refractivity contribution in [2.75, 3.05) is 18.6 Å². The van der Waals surface area contributed by atoms with Crippen LogP contribution in [0.5, 0.6) is 5.75 Å². The van der Waals surface area contributed by atoms with Crippen molar-refractivity contribution in [3.8, 4) is 11.8 Å². The number of ketones is 1. The largest absolute Gasteiger partial charge is 0.497 e. The maximum Gasteiger partial charge on any atom is 0.264 e. The van der Waals surface area contributed by atoms with Crippen molar-refractivity contribution in [2.24, 2.45) is 0 Å². The fourth-order valence-electron chi connectivity index (χ4n) is 3.33. The Labute approximate surface area is 157 Å². The van der Waals surface area contributed by atoms with Crippen LogP contribution in [0.1, 0.15) is 35.2 Å². The second-order valence-electron chi connectivity index (χ2n) is 6.42. The highest BCUT2D eigenvalue weighted by atomic mass is 16.5. The van der Waals surface area contributed by atoms with Gasteiger partial charge in [0.05, 0.1) is 25.3 Å². The standard InChI is InChI=1S/C21H20N2O4/c1-27-16-10-8-15(9-11-16)19(24)14-21(26)17-6-2-3-7-18(17)23(20(21)25)13-5-4-12-22/h2-3,6-11,26H,4-5,13-14H2,1H3. The fraction of sp³-hybridized carbons (Fsp3) is 0.286. The van der Waals surface area contributed by atoms with E-state index in [1.807, 2.05) is 6.07 Å². The van der Waals surface area contributed by atoms with Gasteiger partial charge in [0.15, 0.2) is 11.4 Å². The van der Waals surface area contributed by atoms with Gasteiger partial charge in [0.25, 0.3) is 5.91 Å². The van der Waals surface area contributed by atoms with Crippen molar-refractivity contribution in [1.29, 1.82) is 5.26 Å². The third-order valence-electron chi connectivity index (χ3n) is 4.74. The van der Waals surface area contributed by atoms with E-state index in [2.05, 4.69) is 0 Å². The summed E-state index contributed by atoms with van der Waals surface area (Å²) in [4.78, 5) is 27.1. The molecule has 1 heterocycles. The topological polar surface area (TPSA) is 90.6 Å². The average Bonchev–Trinajstić information content (AvgIpc) is 2.90. The summed E-state index contributed by atoms with van der Waals surface area (Å²) in [6, 6.07) is 15.5. The van der Waals surface area contributed by atoms with Crippen LogP contribution in [0.2, 0.25) is 0 Å². The average molecular weight is 364 g/mol. The Kier molecular flexibility index (Phi) is 5.24. The van der Waals surface area contributed by atoms with Gasteiger partial charge in [-0.3, -0.25) is 9.59 Å². The number of unbranched alkanes of at least 4 members (excludes halogenated alkanes) is 1. The van der Waals surface area contributed by atoms with E-state index in [1.54, 1.807) is 48.5 Å². The molecule has 0 saturated carbocycles. The van der Waals surface area contributed by atoms with Crippen molar-refractivity contribution in [2.45, 2.75) is 24.9 Å². The number of fused-ring (bicyclic) bond motifs is 1. The maximum atomic E-state index is 13.0. The molecule has 1 unspecified atom stereocenters. The first-order valence-electron chi connectivity index (χ1n) is 8.69. The first kappa shape index (κ1) is 18.6. The lowest BCUT2D eigenvalue weighted by Crippen LogP contribution is -2.42. The molecule has 2 aromatic carbocycles. The molecular formula is C21H20N2O4. The number of rotatable bonds is 7. The zero-order valence-corrected chi connectivity index (χ0v) is 15.0. The molecule has 0 aromatic heterocycles. The minimum absolute atomic E-state index is 0.315. The Bertz CT molecular complexity index is 901. The van der Waals surface area contributed by atoms with Gasteiger partial charge in [-0.25, -0.2) is 0 Å². The van der Waals surface area contributed by atoms with Gasteiger partial charge in [-0.2, -0.15) is 5.26 Å². The highest BCUT2D eigenvalue weighted by Gasteiger charge is 2.50. The Morgan fingerprint density at radius 3 is 2.59 bits per heavy atom. The molecule has 3 rings (SSSR count). The molecule has 1 N–H and O–H groups in total. The lowest BCUT2D eigenvalue weighted by atomic mass is 9.88. The van der Waals surface area contributed by atoms with E-state index >= 15 is 0 Å². The number of methoxy groups -OCH3 is 1. The number of ether oxygens (including phenoxy) is 1. The summed E-state index contributed by atoms with van der Waals surface area (Å²) in [5.41, 5.74) is -0.489. The number of carbonyl (C=O) groups is 2. The van der Waals surface area contributed by atoms with E-state index in [0.29, 0.717) is 42.0 Å². The molecule has 27 heavy (non-hydrogen) atoms. The zero-order valence-electron chi connectivity index (χ0n) is 15.0. The van der Waals surface area contributed by atoms with Crippen LogP contribution in [0.25, 0.3) is 0 Å². The first-order chi connectivity index (χ1) is 13.0. The summed E-state index contributed by atoms with van der Waals surface area (Å²) < 4.78 is 5.08. The number of anilines is 1. The number of nitriles is 1. The molecular weight excluding hydrogens is 344 g/mol. The lowest BCUT2D eigenvalue weighted by molar-refractivity contribution is -0.135. The van der Waals surface area contributed by atoms with Gasteiger partial charge in [0.1, 0.15) is 5.75 Å². The minimum atomic E-state index is -1.90. The number of amides is 1. The smallest absolute Gasteiger partial charge is 0.264 e. The van der Waals surface area contributed by atoms with Crippen molar-refractivity contribution >= 4 is 17.4 Å². The van der Waals surface area contributed by atoms with Crippen LogP contribution in [-0.2, 0) is 10.4 Å². The summed E-state index contributed by atoms with van der Waals surface area (Å²) in [5, 5.41) is 19.9. The van der Waals surface area contributed by atoms with Crippen molar-refractivity contribution in [3.63, 3.8) is 0 Å². The number of hydrogen-bond donors (Lipinski definition) is 1. The second-order valence-corrected chi connectivity index (χ2v) is 6.42. The SMILES string of the molecule is COc1ccc(C(=O)CC2(O)C(=O)N(CCCC#N)c3ccccc32)cc1. The van der Waals surface area contributed by atoms with E-state index in [1.165, 1.54) is 12.0 Å². The summed E-state index contributed by atoms with van der Waals surface area (Å²) in [6.07, 6.45) is 0.470. The molecule has 1 atom stereocenters. The third kappa shape index (κ3) is 3.42. The van der Waals surface area contributed by atoms with E-state index in [9.17, 15) is 14.7 Å². The Hall–Kier alpha value is -3.17. The molecule has 1 aliphatic rings. The number of para-hydroxylation sites is 1. The van der Waals surface area contributed by atoms with Crippen LogP contribution in [0.4, 0.5) is 5.69 Å². The van der Waals surface area contributed by atoms with Crippen LogP contribution in [0.15, 0.2) is 48.5 Å². The van der Waals surface area contributed by atoms with Gasteiger partial charge in [-0.15, -0.1) is 0 Å². The summed E-state index contributed by atoms with van der Waals surface area (Å²) >= 11 is 0. The molecule has 0 bridgehead atoms. The van der Waals surface area contributed by atoms with Gasteiger partial charge < -0.3 is 14.7 Å². The monoisotopic (exact) mass is 364 g/mol. The predicted octanol–water partition coefficient (Wildman–Crippen LogP) is 2.81. The van der Waals surface area contributed by atoms with E-state index in [-0.39, 0.29) is 12.2 Å². The molecule has 1 amide bonds. The molecule has 0 spiro atoms. The molecule has 6 nitrogen and oxygen atoms in total. The molecule has 0 saturated heterocycles. The Balaban J connectivity index is 1.88. The van der Waals surface area contributed by atoms with Crippen LogP contribution in [-0.4, -0.2) is 30.5 Å². The van der Waals surface area contributed by atoms with Crippen LogP contribution in [0, 0.1) is 11.3 Å². The van der Waals surface area contributed by atoms with Crippen LogP contribution >= 0.6 is 0 Å². The molecule has 0 radical (unpaired) electrons. The highest BCUT2D eigenvalue weighted by Crippen LogP contribution is 2.42. The molecule has 1 aliphatic heterocycles. The Morgan fingerprint density at radius 2 is 1.93 bits per heavy atom. The fourth-order valence-corrected chi connectivity index (χ4v) is 3.33. The molecule has 0 fully saturated rings. The summed E-state index contributed by atoms with van der Waals surface area (Å²) in [6.45, 7) is 0.322. The molecule has 6 heteroatoms. The number of aliphatic hydroxyl groups is 1. The first-order valence-corrected chi connectivity index (χ1v) is 8.69. The van der Waals surface area contributed by atoms with Crippen molar-refractivity contribution in [3.05, 3.63) is 59.7 Å². The summed E-state index contributed by atoms with van der Waals surface area (Å²) in [5.74, 6) is -0.234. The normalized spacial score (nSPS) is 18.1. The number of carbonyl (C=O) groups excluding carboxylic acids is 2. The van der Waals surface area contributed by atoms with Crippen molar-refractivity contribution in [1.82, 2.24) is 0 Å². The highest BCUT2D eigenvalue weighted by molar-refractivity contribution is 6.10. The molecule has 138 valence electrons. The third-order valence-corrected chi connectivity index (χ3v) is 4.74. The minimum Gasteiger partial charge on any atom is -0.497 e. The van der Waals surface area contributed by atoms with Crippen LogP contribution in [0.3, 0.4) is 0 Å². The number of nitrogens with zero attached hydrogens (tertiary/aromatic N) is 2. The van der Waals surface area contributed by atoms with Gasteiger partial charge in [-0.05, 0) is 36.8 Å². The quantitative estimate of drug-likeness (QED) is 0.603. The van der Waals surface area contributed by atoms with E-state index < -0.39 is 11.5 Å². The van der Waals surface area contributed by atoms with Crippen LogP contribution < -0.4 is 9.64 Å². The van der Waals surface area contributed by atoms with Crippen molar-refractivity contribution < 1.29 is 19.4 Å². The number of hydrogen-bond acceptors (Lipinski definition) is 5. The van der Waals surface area contributed by atoms with E-state index in [0.717, 1.165) is 0 Å². The Morgan fingerprint density at radius 1 is 1.22 bits per heavy atom. The maximum absolute atomic E-state index is 13.0. The summed E-state index contributed by atoms with van der Waals surface area (Å²) in [7, 11) is 1.54. The van der Waals surface area contributed by atoms with Gasteiger partial charge in [0, 0.05) is 24.1 Å². The predicted molar refractivity (Wildman–Crippen MR) is 99.5 cm³/mol. The van der Waals surface area contributed by atoms with Gasteiger partial charge in [-0.1, -0.05) is 18.2 Å².